The van der Waals surface area contributed by atoms with E-state index >= 15 is 0 Å². The molecule has 10 bridgehead atoms. The minimum absolute atomic E-state index is 0.692. The van der Waals surface area contributed by atoms with Gasteiger partial charge in [0.25, 0.3) is 0 Å². The molecule has 10 aliphatic rings. The molecule has 17 atom stereocenters. The van der Waals surface area contributed by atoms with Gasteiger partial charge in [0.05, 0.1) is 0 Å². The standard InChI is InChI=1S/2C11H20.C10H18.2C8H14/c2*1-7(2)11-6-9-5-10(11)4-8(9)3;1-7-4-9-5-8(7)6-10(9,2)3;2*1-6-4-7-2-3-8(6)5-7/h2*7-11H,4-6H2,1-3H3;7-9H,4-6H2,1-3H3;2*6-8H,2-5H2,1H3/t2*8-,9+,10-,11+;7-,8+,9-;6-,7+,8+;6-,7-,8-/m00010/s1. The average Bonchev–Trinajstić information content (AvgIpc) is 3.86. The lowest BCUT2D eigenvalue weighted by molar-refractivity contribution is 0.181. The molecule has 278 valence electrons. The normalized spacial score (nSPS) is 50.6. The van der Waals surface area contributed by atoms with Crippen LogP contribution in [0.15, 0.2) is 0 Å². The van der Waals surface area contributed by atoms with Gasteiger partial charge in [-0.05, 0) is 214 Å². The smallest absolute Gasteiger partial charge is 0.0323 e. The van der Waals surface area contributed by atoms with E-state index in [0.717, 1.165) is 112 Å². The third-order valence-electron chi connectivity index (χ3n) is 18.4. The molecule has 0 spiro atoms. The Morgan fingerprint density at radius 2 is 0.792 bits per heavy atom. The molecule has 0 radical (unpaired) electrons. The minimum atomic E-state index is 0.692. The van der Waals surface area contributed by atoms with Crippen molar-refractivity contribution in [3.05, 3.63) is 0 Å². The fraction of sp³-hybridized carbons (Fsp3) is 1.00. The van der Waals surface area contributed by atoms with Gasteiger partial charge in [0, 0.05) is 0 Å². The second-order valence-electron chi connectivity index (χ2n) is 22.6. The van der Waals surface area contributed by atoms with Gasteiger partial charge in [-0.25, -0.2) is 0 Å². The third kappa shape index (κ3) is 8.45. The summed E-state index contributed by atoms with van der Waals surface area (Å²) in [5.74, 6) is 20.5. The van der Waals surface area contributed by atoms with Gasteiger partial charge >= 0.3 is 0 Å². The maximum absolute atomic E-state index is 2.45. The van der Waals surface area contributed by atoms with Gasteiger partial charge in [-0.2, -0.15) is 0 Å². The van der Waals surface area contributed by atoms with Crippen LogP contribution in [0.1, 0.15) is 185 Å². The van der Waals surface area contributed by atoms with Crippen LogP contribution in [-0.2, 0) is 0 Å². The van der Waals surface area contributed by atoms with Crippen molar-refractivity contribution in [1.82, 2.24) is 0 Å². The molecule has 0 nitrogen and oxygen atoms in total. The summed E-state index contributed by atoms with van der Waals surface area (Å²) in [5.41, 5.74) is 0.692. The van der Waals surface area contributed by atoms with Crippen LogP contribution in [0.2, 0.25) is 0 Å². The molecular weight excluding hydrogens is 577 g/mol. The van der Waals surface area contributed by atoms with Crippen molar-refractivity contribution >= 4 is 0 Å². The average molecular weight is 663 g/mol. The lowest BCUT2D eigenvalue weighted by atomic mass is 9.73. The Hall–Kier alpha value is 0. The molecule has 0 unspecified atom stereocenters. The molecule has 0 aliphatic heterocycles. The summed E-state index contributed by atoms with van der Waals surface area (Å²) in [6, 6.07) is 0. The van der Waals surface area contributed by atoms with Crippen LogP contribution in [0, 0.1) is 118 Å². The third-order valence-corrected chi connectivity index (χ3v) is 18.4. The Bertz CT molecular complexity index is 932. The molecular formula is C48H86. The fourth-order valence-electron chi connectivity index (χ4n) is 15.1. The molecule has 0 aromatic rings. The lowest BCUT2D eigenvalue weighted by Crippen LogP contribution is -2.23. The highest BCUT2D eigenvalue weighted by Gasteiger charge is 2.48. The summed E-state index contributed by atoms with van der Waals surface area (Å²) in [6.45, 7) is 26.7. The van der Waals surface area contributed by atoms with Crippen molar-refractivity contribution in [2.45, 2.75) is 185 Å². The van der Waals surface area contributed by atoms with Gasteiger partial charge in [0.2, 0.25) is 0 Å². The van der Waals surface area contributed by atoms with Crippen molar-refractivity contribution in [3.63, 3.8) is 0 Å². The van der Waals surface area contributed by atoms with E-state index < -0.39 is 0 Å². The van der Waals surface area contributed by atoms with Crippen LogP contribution in [-0.4, -0.2) is 0 Å². The molecule has 10 saturated carbocycles. The van der Waals surface area contributed by atoms with E-state index in [0.29, 0.717) is 5.41 Å². The van der Waals surface area contributed by atoms with Crippen molar-refractivity contribution in [3.8, 4) is 0 Å². The molecule has 0 N–H and O–H groups in total. The molecule has 10 aliphatic carbocycles. The highest BCUT2D eigenvalue weighted by atomic mass is 14.5. The van der Waals surface area contributed by atoms with Crippen LogP contribution < -0.4 is 0 Å². The topological polar surface area (TPSA) is 0 Å². The molecule has 0 heterocycles. The van der Waals surface area contributed by atoms with Gasteiger partial charge in [-0.3, -0.25) is 0 Å². The van der Waals surface area contributed by atoms with E-state index in [1.165, 1.54) is 32.1 Å². The lowest BCUT2D eigenvalue weighted by Gasteiger charge is -2.32. The highest BCUT2D eigenvalue weighted by molar-refractivity contribution is 4.98. The summed E-state index contributed by atoms with van der Waals surface area (Å²) >= 11 is 0. The largest absolute Gasteiger partial charge is 0.0625 e. The summed E-state index contributed by atoms with van der Waals surface area (Å²) in [7, 11) is 0. The SMILES string of the molecule is CC(C)[C@H]1C[C@H]2C[C@@H]1C[C@@H]2C.CC(C)[C@H]1C[C@H]2C[C@@H]1C[C@@H]2C.C[C@@H]1C[C@@H]2CC[C@H]1C2.C[C@H]1C[C@@H]2CC[C@H]1C2.C[C@H]1C[C@H]2C[C@@H]1CC2(C)C. The fourth-order valence-corrected chi connectivity index (χ4v) is 15.1. The van der Waals surface area contributed by atoms with Crippen LogP contribution >= 0.6 is 0 Å². The minimum Gasteiger partial charge on any atom is -0.0625 e. The quantitative estimate of drug-likeness (QED) is 0.276. The predicted molar refractivity (Wildman–Crippen MR) is 210 cm³/mol. The van der Waals surface area contributed by atoms with Crippen molar-refractivity contribution in [1.29, 1.82) is 0 Å². The first kappa shape index (κ1) is 37.7. The summed E-state index contributed by atoms with van der Waals surface area (Å²) in [4.78, 5) is 0. The zero-order valence-corrected chi connectivity index (χ0v) is 34.5. The van der Waals surface area contributed by atoms with E-state index in [-0.39, 0.29) is 0 Å². The maximum atomic E-state index is 2.45. The molecule has 0 aromatic heterocycles. The van der Waals surface area contributed by atoms with E-state index in [9.17, 15) is 0 Å². The first-order chi connectivity index (χ1) is 22.7. The maximum Gasteiger partial charge on any atom is -0.0323 e. The molecule has 48 heavy (non-hydrogen) atoms. The van der Waals surface area contributed by atoms with Gasteiger partial charge in [0.1, 0.15) is 0 Å². The monoisotopic (exact) mass is 663 g/mol. The Labute approximate surface area is 302 Å². The van der Waals surface area contributed by atoms with E-state index in [1.54, 1.807) is 77.0 Å². The number of hydrogen-bond donors (Lipinski definition) is 0. The first-order valence-corrected chi connectivity index (χ1v) is 22.7. The van der Waals surface area contributed by atoms with Gasteiger partial charge in [-0.1, -0.05) is 89.0 Å². The van der Waals surface area contributed by atoms with Crippen LogP contribution in [0.25, 0.3) is 0 Å². The molecule has 10 rings (SSSR count). The van der Waals surface area contributed by atoms with E-state index in [1.807, 2.05) is 0 Å². The Morgan fingerprint density at radius 3 is 0.979 bits per heavy atom. The second kappa shape index (κ2) is 15.5. The van der Waals surface area contributed by atoms with Crippen molar-refractivity contribution in [2.75, 3.05) is 0 Å². The van der Waals surface area contributed by atoms with Crippen molar-refractivity contribution < 1.29 is 0 Å². The van der Waals surface area contributed by atoms with E-state index in [4.69, 9.17) is 0 Å². The van der Waals surface area contributed by atoms with Gasteiger partial charge in [0.15, 0.2) is 0 Å². The number of fused-ring (bicyclic) bond motifs is 10. The molecule has 10 fully saturated rings. The molecule has 0 aromatic carbocycles. The molecule has 0 amide bonds. The summed E-state index contributed by atoms with van der Waals surface area (Å²) in [6.07, 6.45) is 26.3. The Kier molecular flexibility index (Phi) is 12.2. The number of rotatable bonds is 2. The second-order valence-corrected chi connectivity index (χ2v) is 22.6. The first-order valence-electron chi connectivity index (χ1n) is 22.7. The predicted octanol–water partition coefficient (Wildman–Crippen LogP) is 14.6. The summed E-state index contributed by atoms with van der Waals surface area (Å²) < 4.78 is 0. The highest BCUT2D eigenvalue weighted by Crippen LogP contribution is 2.58. The Balaban J connectivity index is 0.000000105. The number of hydrogen-bond acceptors (Lipinski definition) is 0. The Morgan fingerprint density at radius 1 is 0.375 bits per heavy atom. The van der Waals surface area contributed by atoms with Gasteiger partial charge < -0.3 is 0 Å². The van der Waals surface area contributed by atoms with Crippen LogP contribution in [0.5, 0.6) is 0 Å². The zero-order valence-electron chi connectivity index (χ0n) is 34.5. The summed E-state index contributed by atoms with van der Waals surface area (Å²) in [5, 5.41) is 0. The molecule has 0 saturated heterocycles. The molecule has 0 heteroatoms. The van der Waals surface area contributed by atoms with Gasteiger partial charge in [-0.15, -0.1) is 0 Å². The van der Waals surface area contributed by atoms with Crippen LogP contribution in [0.3, 0.4) is 0 Å². The zero-order chi connectivity index (χ0) is 34.5. The van der Waals surface area contributed by atoms with Crippen LogP contribution in [0.4, 0.5) is 0 Å². The van der Waals surface area contributed by atoms with E-state index in [2.05, 4.69) is 76.2 Å². The van der Waals surface area contributed by atoms with Crippen molar-refractivity contribution in [2.24, 2.45) is 118 Å².